The first kappa shape index (κ1) is 43.8. The molecule has 0 spiro atoms. The van der Waals surface area contributed by atoms with Crippen LogP contribution in [-0.4, -0.2) is 51.8 Å². The highest BCUT2D eigenvalue weighted by Crippen LogP contribution is 2.39. The van der Waals surface area contributed by atoms with Crippen molar-refractivity contribution in [3.8, 4) is 56.2 Å². The lowest BCUT2D eigenvalue weighted by Gasteiger charge is -2.17. The van der Waals surface area contributed by atoms with Gasteiger partial charge in [-0.05, 0) is 144 Å². The Morgan fingerprint density at radius 3 is 1.69 bits per heavy atom. The minimum atomic E-state index is -0.502. The third-order valence-corrected chi connectivity index (χ3v) is 12.8. The van der Waals surface area contributed by atoms with Crippen molar-refractivity contribution < 1.29 is 27.2 Å². The Morgan fingerprint density at radius 1 is 0.458 bits per heavy atom. The van der Waals surface area contributed by atoms with E-state index in [0.29, 0.717) is 91.6 Å². The van der Waals surface area contributed by atoms with Gasteiger partial charge >= 0.3 is 12.1 Å². The third kappa shape index (κ3) is 8.33. The molecule has 16 heteroatoms. The molecular formula is C56H36F4N10O2. The van der Waals surface area contributed by atoms with Crippen molar-refractivity contribution in [1.29, 1.82) is 0 Å². The number of fused-ring (bicyclic) bond motifs is 4. The van der Waals surface area contributed by atoms with Crippen molar-refractivity contribution in [3.63, 3.8) is 0 Å². The predicted octanol–water partition coefficient (Wildman–Crippen LogP) is 12.3. The largest absolute Gasteiger partial charge is 0.322 e. The molecule has 6 heterocycles. The summed E-state index contributed by atoms with van der Waals surface area (Å²) in [6.07, 6.45) is 3.19. The number of pyridine rings is 2. The number of hydrogen-bond acceptors (Lipinski definition) is 8. The van der Waals surface area contributed by atoms with Gasteiger partial charge in [0.15, 0.2) is 5.65 Å². The molecule has 0 fully saturated rings. The number of urea groups is 2. The smallest absolute Gasteiger partial charge is 0.316 e. The Morgan fingerprint density at radius 2 is 1.01 bits per heavy atom. The van der Waals surface area contributed by atoms with Crippen LogP contribution in [0.15, 0.2) is 158 Å². The van der Waals surface area contributed by atoms with Crippen LogP contribution in [0, 0.1) is 23.3 Å². The molecule has 0 atom stereocenters. The molecule has 12 nitrogen and oxygen atoms in total. The minimum absolute atomic E-state index is 0.168. The molecule has 2 N–H and O–H groups in total. The fourth-order valence-electron chi connectivity index (χ4n) is 9.22. The van der Waals surface area contributed by atoms with Gasteiger partial charge in [-0.15, -0.1) is 0 Å². The standard InChI is InChI=1S/C56H36F4N10O2/c57-37-13-6-31(7-14-37)50-51(32-8-15-38(58)16-9-32)66-47-24-40(19-21-46(47)65-50)63-55(71)69-27-35-3-1-5-42(44(35)29-69)43-23-34(12-20-45(43)60)53-52(33-10-17-39(59)18-11-33)68-54-48(67-53)25-41(26-62-54)64-56(72)70-28-36-4-2-22-61-49(36)30-70/h1-26H,27-30H2,(H,63,71)(H,64,72). The van der Waals surface area contributed by atoms with Gasteiger partial charge in [0, 0.05) is 59.3 Å². The summed E-state index contributed by atoms with van der Waals surface area (Å²) in [7, 11) is 0. The van der Waals surface area contributed by atoms with Crippen molar-refractivity contribution in [2.24, 2.45) is 0 Å². The van der Waals surface area contributed by atoms with Gasteiger partial charge in [-0.3, -0.25) is 4.98 Å². The van der Waals surface area contributed by atoms with Gasteiger partial charge in [-0.25, -0.2) is 52.1 Å². The van der Waals surface area contributed by atoms with Gasteiger partial charge in [-0.2, -0.15) is 0 Å². The van der Waals surface area contributed by atoms with Gasteiger partial charge < -0.3 is 20.4 Å². The molecule has 6 aromatic carbocycles. The zero-order valence-electron chi connectivity index (χ0n) is 37.7. The van der Waals surface area contributed by atoms with Gasteiger partial charge in [0.05, 0.1) is 57.9 Å². The second-order valence-electron chi connectivity index (χ2n) is 17.5. The third-order valence-electron chi connectivity index (χ3n) is 12.8. The van der Waals surface area contributed by atoms with Crippen LogP contribution in [0.1, 0.15) is 22.4 Å². The molecule has 0 radical (unpaired) electrons. The molecule has 4 amide bonds. The summed E-state index contributed by atoms with van der Waals surface area (Å²) >= 11 is 0. The Bertz CT molecular complexity index is 3800. The average molecular weight is 957 g/mol. The lowest BCUT2D eigenvalue weighted by Crippen LogP contribution is -2.30. The van der Waals surface area contributed by atoms with Crippen molar-refractivity contribution in [1.82, 2.24) is 39.7 Å². The van der Waals surface area contributed by atoms with Crippen molar-refractivity contribution >= 4 is 45.6 Å². The first-order chi connectivity index (χ1) is 35.1. The highest BCUT2D eigenvalue weighted by molar-refractivity contribution is 5.95. The normalized spacial score (nSPS) is 12.8. The molecule has 350 valence electrons. The van der Waals surface area contributed by atoms with E-state index in [4.69, 9.17) is 19.9 Å². The zero-order chi connectivity index (χ0) is 49.0. The van der Waals surface area contributed by atoms with Crippen LogP contribution in [0.5, 0.6) is 0 Å². The predicted molar refractivity (Wildman–Crippen MR) is 265 cm³/mol. The Balaban J connectivity index is 0.833. The van der Waals surface area contributed by atoms with Gasteiger partial charge in [0.2, 0.25) is 0 Å². The van der Waals surface area contributed by atoms with Crippen molar-refractivity contribution in [3.05, 3.63) is 204 Å². The van der Waals surface area contributed by atoms with Gasteiger partial charge in [0.25, 0.3) is 0 Å². The maximum absolute atomic E-state index is 16.2. The number of nitrogens with one attached hydrogen (secondary N) is 2. The second kappa shape index (κ2) is 17.8. The number of halogens is 4. The van der Waals surface area contributed by atoms with Crippen LogP contribution in [-0.2, 0) is 26.2 Å². The number of carbonyl (C=O) groups is 2. The highest BCUT2D eigenvalue weighted by atomic mass is 19.1. The van der Waals surface area contributed by atoms with E-state index in [1.54, 1.807) is 88.8 Å². The number of rotatable bonds is 7. The summed E-state index contributed by atoms with van der Waals surface area (Å²) in [5, 5.41) is 5.90. The molecule has 10 aromatic rings. The number of amides is 4. The minimum Gasteiger partial charge on any atom is -0.316 e. The number of anilines is 2. The summed E-state index contributed by atoms with van der Waals surface area (Å²) in [6.45, 7) is 1.19. The van der Waals surface area contributed by atoms with E-state index < -0.39 is 29.3 Å². The van der Waals surface area contributed by atoms with Crippen molar-refractivity contribution in [2.75, 3.05) is 10.6 Å². The summed E-state index contributed by atoms with van der Waals surface area (Å²) in [4.78, 5) is 59.2. The Hall–Kier alpha value is -9.44. The van der Waals surface area contributed by atoms with E-state index in [9.17, 15) is 22.8 Å². The van der Waals surface area contributed by atoms with Crippen LogP contribution >= 0.6 is 0 Å². The van der Waals surface area contributed by atoms with Crippen LogP contribution < -0.4 is 10.6 Å². The van der Waals surface area contributed by atoms with Crippen LogP contribution in [0.2, 0.25) is 0 Å². The zero-order valence-corrected chi connectivity index (χ0v) is 37.7. The number of benzene rings is 6. The maximum Gasteiger partial charge on any atom is 0.322 e. The SMILES string of the molecule is O=C(Nc1cnc2nc(-c3ccc(F)cc3)c(-c3ccc(F)c(-c4cccc5c4CN(C(=O)Nc4ccc6nc(-c7ccc(F)cc7)c(-c7ccc(F)cc7)nc6c4)C5)c3)nc2c1)N1Cc2cccnc2C1. The van der Waals surface area contributed by atoms with Crippen LogP contribution in [0.3, 0.4) is 0 Å². The van der Waals surface area contributed by atoms with E-state index in [-0.39, 0.29) is 30.3 Å². The second-order valence-corrected chi connectivity index (χ2v) is 17.5. The summed E-state index contributed by atoms with van der Waals surface area (Å²) < 4.78 is 58.3. The van der Waals surface area contributed by atoms with Gasteiger partial charge in [-0.1, -0.05) is 24.3 Å². The van der Waals surface area contributed by atoms with E-state index in [1.807, 2.05) is 30.3 Å². The number of aromatic nitrogens is 6. The molecule has 0 unspecified atom stereocenters. The lowest BCUT2D eigenvalue weighted by molar-refractivity contribution is 0.212. The summed E-state index contributed by atoms with van der Waals surface area (Å²) in [5.41, 5.74) is 10.7. The van der Waals surface area contributed by atoms with Crippen molar-refractivity contribution in [2.45, 2.75) is 26.2 Å². The number of nitrogens with zero attached hydrogens (tertiary/aromatic N) is 8. The highest BCUT2D eigenvalue weighted by Gasteiger charge is 2.28. The molecular weight excluding hydrogens is 921 g/mol. The fraction of sp³-hybridized carbons (Fsp3) is 0.0714. The molecule has 0 saturated heterocycles. The number of hydrogen-bond donors (Lipinski definition) is 2. The van der Waals surface area contributed by atoms with Gasteiger partial charge in [0.1, 0.15) is 28.8 Å². The molecule has 72 heavy (non-hydrogen) atoms. The quantitative estimate of drug-likeness (QED) is 0.150. The molecule has 2 aliphatic rings. The molecule has 4 aromatic heterocycles. The number of carbonyl (C=O) groups excluding carboxylic acids is 2. The molecule has 0 saturated carbocycles. The molecule has 2 aliphatic heterocycles. The molecule has 0 aliphatic carbocycles. The summed E-state index contributed by atoms with van der Waals surface area (Å²) in [5.74, 6) is -1.75. The fourth-order valence-corrected chi connectivity index (χ4v) is 9.22. The first-order valence-electron chi connectivity index (χ1n) is 22.8. The lowest BCUT2D eigenvalue weighted by atomic mass is 9.94. The van der Waals surface area contributed by atoms with E-state index in [0.717, 1.165) is 22.4 Å². The van der Waals surface area contributed by atoms with Crippen LogP contribution in [0.25, 0.3) is 78.4 Å². The maximum atomic E-state index is 16.2. The molecule has 12 rings (SSSR count). The molecule has 0 bridgehead atoms. The topological polar surface area (TPSA) is 142 Å². The first-order valence-corrected chi connectivity index (χ1v) is 22.8. The van der Waals surface area contributed by atoms with E-state index in [1.165, 1.54) is 48.7 Å². The average Bonchev–Trinajstić information content (AvgIpc) is 4.05. The van der Waals surface area contributed by atoms with E-state index >= 15 is 4.39 Å². The Labute approximate surface area is 407 Å². The Kier molecular flexibility index (Phi) is 10.8. The van der Waals surface area contributed by atoms with Crippen LogP contribution in [0.4, 0.5) is 38.5 Å². The van der Waals surface area contributed by atoms with E-state index in [2.05, 4.69) is 20.6 Å². The summed E-state index contributed by atoms with van der Waals surface area (Å²) in [6, 6.07) is 37.6. The monoisotopic (exact) mass is 956 g/mol.